The lowest BCUT2D eigenvalue weighted by molar-refractivity contribution is -0.132. The molecule has 1 aliphatic heterocycles. The summed E-state index contributed by atoms with van der Waals surface area (Å²) in [5, 5.41) is 3.69. The van der Waals surface area contributed by atoms with Gasteiger partial charge in [0, 0.05) is 30.6 Å². The molecule has 2 amide bonds. The van der Waals surface area contributed by atoms with E-state index in [9.17, 15) is 9.59 Å². The lowest BCUT2D eigenvalue weighted by Crippen LogP contribution is -2.46. The third kappa shape index (κ3) is 4.74. The highest BCUT2D eigenvalue weighted by Crippen LogP contribution is 2.13. The van der Waals surface area contributed by atoms with Gasteiger partial charge in [-0.15, -0.1) is 0 Å². The van der Waals surface area contributed by atoms with Crippen molar-refractivity contribution in [3.63, 3.8) is 0 Å². The number of likely N-dealkylation sites (tertiary alicyclic amines) is 1. The number of amides is 2. The first kappa shape index (κ1) is 15.8. The quantitative estimate of drug-likeness (QED) is 0.928. The molecular weight excluding hydrogens is 288 g/mol. The summed E-state index contributed by atoms with van der Waals surface area (Å²) >= 11 is 5.91. The predicted molar refractivity (Wildman–Crippen MR) is 83.2 cm³/mol. The van der Waals surface area contributed by atoms with Gasteiger partial charge in [-0.3, -0.25) is 9.59 Å². The van der Waals surface area contributed by atoms with Crippen LogP contribution in [0.2, 0.25) is 5.02 Å². The van der Waals surface area contributed by atoms with E-state index in [4.69, 9.17) is 11.6 Å². The van der Waals surface area contributed by atoms with E-state index in [0.717, 1.165) is 31.5 Å². The minimum atomic E-state index is 0.0116. The first-order valence-corrected chi connectivity index (χ1v) is 7.78. The lowest BCUT2D eigenvalue weighted by Gasteiger charge is -2.32. The van der Waals surface area contributed by atoms with Gasteiger partial charge < -0.3 is 10.2 Å². The zero-order chi connectivity index (χ0) is 15.2. The molecule has 0 saturated carbocycles. The van der Waals surface area contributed by atoms with E-state index < -0.39 is 0 Å². The molecule has 0 bridgehead atoms. The van der Waals surface area contributed by atoms with Crippen molar-refractivity contribution < 1.29 is 9.59 Å². The second kappa shape index (κ2) is 7.46. The van der Waals surface area contributed by atoms with Crippen molar-refractivity contribution in [1.82, 2.24) is 10.2 Å². The second-order valence-corrected chi connectivity index (χ2v) is 5.82. The van der Waals surface area contributed by atoms with Crippen molar-refractivity contribution in [2.75, 3.05) is 13.1 Å². The average molecular weight is 309 g/mol. The Kier molecular flexibility index (Phi) is 5.62. The zero-order valence-electron chi connectivity index (χ0n) is 12.3. The number of piperidine rings is 1. The zero-order valence-corrected chi connectivity index (χ0v) is 13.0. The second-order valence-electron chi connectivity index (χ2n) is 5.38. The number of hydrogen-bond acceptors (Lipinski definition) is 2. The van der Waals surface area contributed by atoms with Gasteiger partial charge in [0.25, 0.3) is 0 Å². The third-order valence-corrected chi connectivity index (χ3v) is 4.00. The van der Waals surface area contributed by atoms with Gasteiger partial charge in [0.15, 0.2) is 0 Å². The summed E-state index contributed by atoms with van der Waals surface area (Å²) in [6.45, 7) is 3.34. The maximum absolute atomic E-state index is 12.0. The average Bonchev–Trinajstić information content (AvgIpc) is 2.47. The van der Waals surface area contributed by atoms with E-state index in [-0.39, 0.29) is 17.9 Å². The molecule has 1 saturated heterocycles. The number of halogens is 1. The summed E-state index contributed by atoms with van der Waals surface area (Å²) in [4.78, 5) is 25.5. The Morgan fingerprint density at radius 3 is 2.67 bits per heavy atom. The summed E-state index contributed by atoms with van der Waals surface area (Å²) in [6.07, 6.45) is 2.54. The van der Waals surface area contributed by atoms with E-state index in [0.29, 0.717) is 17.9 Å². The van der Waals surface area contributed by atoms with Gasteiger partial charge in [-0.2, -0.15) is 0 Å². The molecule has 4 nitrogen and oxygen atoms in total. The number of benzene rings is 1. The molecule has 1 aromatic rings. The highest BCUT2D eigenvalue weighted by molar-refractivity contribution is 6.30. The highest BCUT2D eigenvalue weighted by atomic mass is 35.5. The molecule has 0 aromatic heterocycles. The number of rotatable bonds is 4. The molecule has 1 N–H and O–H groups in total. The smallest absolute Gasteiger partial charge is 0.224 e. The fraction of sp³-hybridized carbons (Fsp3) is 0.500. The predicted octanol–water partition coefficient (Wildman–Crippen LogP) is 2.40. The Morgan fingerprint density at radius 2 is 2.05 bits per heavy atom. The lowest BCUT2D eigenvalue weighted by atomic mass is 10.0. The van der Waals surface area contributed by atoms with Crippen LogP contribution in [-0.4, -0.2) is 35.8 Å². The molecule has 2 rings (SSSR count). The van der Waals surface area contributed by atoms with Crippen LogP contribution in [-0.2, 0) is 16.0 Å². The van der Waals surface area contributed by atoms with Gasteiger partial charge in [-0.1, -0.05) is 30.7 Å². The molecule has 0 spiro atoms. The summed E-state index contributed by atoms with van der Waals surface area (Å²) in [7, 11) is 0. The van der Waals surface area contributed by atoms with Gasteiger partial charge in [-0.25, -0.2) is 0 Å². The fourth-order valence-corrected chi connectivity index (χ4v) is 2.82. The monoisotopic (exact) mass is 308 g/mol. The molecule has 0 unspecified atom stereocenters. The molecule has 0 radical (unpaired) electrons. The number of carbonyl (C=O) groups is 2. The molecule has 1 heterocycles. The number of carbonyl (C=O) groups excluding carboxylic acids is 2. The van der Waals surface area contributed by atoms with Crippen LogP contribution in [0.4, 0.5) is 0 Å². The Labute approximate surface area is 130 Å². The first-order valence-electron chi connectivity index (χ1n) is 7.40. The summed E-state index contributed by atoms with van der Waals surface area (Å²) < 4.78 is 0. The van der Waals surface area contributed by atoms with Crippen molar-refractivity contribution in [1.29, 1.82) is 0 Å². The molecule has 0 atom stereocenters. The van der Waals surface area contributed by atoms with Crippen LogP contribution in [0.5, 0.6) is 0 Å². The fourth-order valence-electron chi connectivity index (χ4n) is 2.61. The maximum atomic E-state index is 12.0. The van der Waals surface area contributed by atoms with E-state index in [2.05, 4.69) is 5.32 Å². The Hall–Kier alpha value is -1.55. The largest absolute Gasteiger partial charge is 0.353 e. The minimum Gasteiger partial charge on any atom is -0.353 e. The van der Waals surface area contributed by atoms with Gasteiger partial charge >= 0.3 is 0 Å². The first-order chi connectivity index (χ1) is 10.1. The summed E-state index contributed by atoms with van der Waals surface area (Å²) in [5.74, 6) is 0.205. The van der Waals surface area contributed by atoms with Crippen LogP contribution in [0.1, 0.15) is 31.7 Å². The SMILES string of the molecule is CCC(=O)N1CCC(NC(=O)Cc2cccc(Cl)c2)CC1. The standard InChI is InChI=1S/C16H21ClN2O2/c1-2-16(21)19-8-6-14(7-9-19)18-15(20)11-12-4-3-5-13(17)10-12/h3-5,10,14H,2,6-9,11H2,1H3,(H,18,20). The summed E-state index contributed by atoms with van der Waals surface area (Å²) in [5.41, 5.74) is 0.915. The van der Waals surface area contributed by atoms with Gasteiger partial charge in [0.1, 0.15) is 0 Å². The number of nitrogens with one attached hydrogen (secondary N) is 1. The van der Waals surface area contributed by atoms with E-state index >= 15 is 0 Å². The van der Waals surface area contributed by atoms with Gasteiger partial charge in [0.2, 0.25) is 11.8 Å². The van der Waals surface area contributed by atoms with Gasteiger partial charge in [0.05, 0.1) is 6.42 Å². The summed E-state index contributed by atoms with van der Waals surface area (Å²) in [6, 6.07) is 7.51. The van der Waals surface area contributed by atoms with Crippen LogP contribution < -0.4 is 5.32 Å². The third-order valence-electron chi connectivity index (χ3n) is 3.77. The van der Waals surface area contributed by atoms with Crippen LogP contribution in [0.3, 0.4) is 0 Å². The van der Waals surface area contributed by atoms with Crippen LogP contribution in [0.25, 0.3) is 0 Å². The molecular formula is C16H21ClN2O2. The normalized spacial score (nSPS) is 15.8. The van der Waals surface area contributed by atoms with E-state index in [1.54, 1.807) is 6.07 Å². The molecule has 5 heteroatoms. The van der Waals surface area contributed by atoms with Crippen LogP contribution in [0.15, 0.2) is 24.3 Å². The molecule has 1 aromatic carbocycles. The maximum Gasteiger partial charge on any atom is 0.224 e. The highest BCUT2D eigenvalue weighted by Gasteiger charge is 2.22. The topological polar surface area (TPSA) is 49.4 Å². The Morgan fingerprint density at radius 1 is 1.33 bits per heavy atom. The van der Waals surface area contributed by atoms with Crippen LogP contribution >= 0.6 is 11.6 Å². The van der Waals surface area contributed by atoms with E-state index in [1.807, 2.05) is 30.0 Å². The van der Waals surface area contributed by atoms with Gasteiger partial charge in [-0.05, 0) is 30.5 Å². The van der Waals surface area contributed by atoms with Crippen molar-refractivity contribution in [2.45, 2.75) is 38.6 Å². The molecule has 0 aliphatic carbocycles. The van der Waals surface area contributed by atoms with Crippen molar-refractivity contribution in [3.8, 4) is 0 Å². The van der Waals surface area contributed by atoms with Crippen molar-refractivity contribution >= 4 is 23.4 Å². The Balaban J connectivity index is 1.78. The van der Waals surface area contributed by atoms with E-state index in [1.165, 1.54) is 0 Å². The van der Waals surface area contributed by atoms with Crippen LogP contribution in [0, 0.1) is 0 Å². The molecule has 1 fully saturated rings. The molecule has 21 heavy (non-hydrogen) atoms. The number of nitrogens with zero attached hydrogens (tertiary/aromatic N) is 1. The van der Waals surface area contributed by atoms with Crippen molar-refractivity contribution in [3.05, 3.63) is 34.9 Å². The number of hydrogen-bond donors (Lipinski definition) is 1. The Bertz CT molecular complexity index is 511. The molecule has 114 valence electrons. The molecule has 1 aliphatic rings. The van der Waals surface area contributed by atoms with Crippen molar-refractivity contribution in [2.24, 2.45) is 0 Å². The minimum absolute atomic E-state index is 0.0116.